The van der Waals surface area contributed by atoms with Gasteiger partial charge in [0.1, 0.15) is 5.75 Å². The molecule has 162 valence electrons. The van der Waals surface area contributed by atoms with Gasteiger partial charge in [-0.2, -0.15) is 0 Å². The molecule has 33 heavy (non-hydrogen) atoms. The van der Waals surface area contributed by atoms with Crippen LogP contribution in [0.1, 0.15) is 34.7 Å². The van der Waals surface area contributed by atoms with Crippen LogP contribution in [0.25, 0.3) is 11.8 Å². The maximum atomic E-state index is 13.7. The number of fused-ring (bicyclic) bond motifs is 3. The minimum atomic E-state index is -0.207. The zero-order valence-electron chi connectivity index (χ0n) is 17.5. The molecule has 3 aromatic carbocycles. The van der Waals surface area contributed by atoms with E-state index in [1.807, 2.05) is 24.3 Å². The predicted molar refractivity (Wildman–Crippen MR) is 132 cm³/mol. The molecule has 1 aliphatic carbocycles. The van der Waals surface area contributed by atoms with Gasteiger partial charge in [-0.15, -0.1) is 0 Å². The van der Waals surface area contributed by atoms with Crippen molar-refractivity contribution < 1.29 is 5.11 Å². The fourth-order valence-electron chi connectivity index (χ4n) is 4.74. The number of hydrogen-bond acceptors (Lipinski definition) is 4. The Morgan fingerprint density at radius 1 is 1.03 bits per heavy atom. The highest BCUT2D eigenvalue weighted by molar-refractivity contribution is 7.07. The van der Waals surface area contributed by atoms with E-state index >= 15 is 0 Å². The Labute approximate surface area is 199 Å². The Kier molecular flexibility index (Phi) is 4.82. The van der Waals surface area contributed by atoms with Crippen LogP contribution in [0.4, 0.5) is 0 Å². The van der Waals surface area contributed by atoms with Crippen LogP contribution in [0, 0.1) is 0 Å². The molecule has 1 N–H and O–H groups in total. The summed E-state index contributed by atoms with van der Waals surface area (Å²) in [7, 11) is 0. The first kappa shape index (κ1) is 20.2. The highest BCUT2D eigenvalue weighted by Crippen LogP contribution is 2.41. The molecule has 4 nitrogen and oxygen atoms in total. The zero-order chi connectivity index (χ0) is 22.5. The number of benzene rings is 3. The van der Waals surface area contributed by atoms with Gasteiger partial charge in [0, 0.05) is 16.1 Å². The van der Waals surface area contributed by atoms with Crippen molar-refractivity contribution in [2.24, 2.45) is 4.99 Å². The van der Waals surface area contributed by atoms with Gasteiger partial charge in [0.15, 0.2) is 4.80 Å². The second-order valence-corrected chi connectivity index (χ2v) is 9.67. The molecule has 1 atom stereocenters. The van der Waals surface area contributed by atoms with E-state index < -0.39 is 0 Å². The SMILES string of the molecule is O=c1c(=Cc2cc(Cl)ccc2O)sc2n1C(c1ccccc1)C1=C(N=2)c2ccccc2CC1. The number of aryl methyl sites for hydroxylation is 1. The minimum Gasteiger partial charge on any atom is -0.507 e. The first-order valence-corrected chi connectivity index (χ1v) is 12.0. The molecule has 0 saturated heterocycles. The molecular formula is C27H19ClN2O2S. The van der Waals surface area contributed by atoms with Gasteiger partial charge in [0.05, 0.1) is 16.3 Å². The standard InChI is InChI=1S/C27H19ClN2O2S/c28-19-11-13-22(31)18(14-19)15-23-26(32)30-25(17-7-2-1-3-8-17)21-12-10-16-6-4-5-9-20(16)24(21)29-27(30)33-23/h1-9,11,13-15,25,31H,10,12H2. The minimum absolute atomic E-state index is 0.0815. The second kappa shape index (κ2) is 7.87. The summed E-state index contributed by atoms with van der Waals surface area (Å²) < 4.78 is 2.32. The van der Waals surface area contributed by atoms with Crippen molar-refractivity contribution in [1.29, 1.82) is 0 Å². The van der Waals surface area contributed by atoms with Crippen molar-refractivity contribution in [2.45, 2.75) is 18.9 Å². The highest BCUT2D eigenvalue weighted by Gasteiger charge is 2.32. The molecule has 2 heterocycles. The molecule has 0 saturated carbocycles. The number of phenolic OH excluding ortho intramolecular Hbond substituents is 1. The van der Waals surface area contributed by atoms with Crippen molar-refractivity contribution in [3.05, 3.63) is 125 Å². The first-order chi connectivity index (χ1) is 16.1. The van der Waals surface area contributed by atoms with Gasteiger partial charge >= 0.3 is 0 Å². The third kappa shape index (κ3) is 3.36. The third-order valence-electron chi connectivity index (χ3n) is 6.26. The Morgan fingerprint density at radius 2 is 1.82 bits per heavy atom. The number of nitrogens with zero attached hydrogens (tertiary/aromatic N) is 2. The van der Waals surface area contributed by atoms with Gasteiger partial charge < -0.3 is 5.11 Å². The molecule has 2 aliphatic rings. The summed E-state index contributed by atoms with van der Waals surface area (Å²) in [5, 5.41) is 10.8. The third-order valence-corrected chi connectivity index (χ3v) is 7.48. The first-order valence-electron chi connectivity index (χ1n) is 10.8. The molecule has 6 heteroatoms. The lowest BCUT2D eigenvalue weighted by Gasteiger charge is -2.30. The van der Waals surface area contributed by atoms with E-state index in [4.69, 9.17) is 16.6 Å². The van der Waals surface area contributed by atoms with E-state index in [2.05, 4.69) is 30.3 Å². The lowest BCUT2D eigenvalue weighted by Crippen LogP contribution is -2.38. The van der Waals surface area contributed by atoms with E-state index in [9.17, 15) is 9.90 Å². The fourth-order valence-corrected chi connectivity index (χ4v) is 5.91. The van der Waals surface area contributed by atoms with Gasteiger partial charge in [-0.05, 0) is 53.8 Å². The van der Waals surface area contributed by atoms with Crippen LogP contribution >= 0.6 is 22.9 Å². The van der Waals surface area contributed by atoms with Crippen molar-refractivity contribution >= 4 is 34.7 Å². The maximum Gasteiger partial charge on any atom is 0.271 e. The van der Waals surface area contributed by atoms with Crippen molar-refractivity contribution in [3.8, 4) is 5.75 Å². The predicted octanol–water partition coefficient (Wildman–Crippen LogP) is 4.68. The molecule has 4 aromatic rings. The van der Waals surface area contributed by atoms with Gasteiger partial charge in [0.2, 0.25) is 0 Å². The summed E-state index contributed by atoms with van der Waals surface area (Å²) in [6.45, 7) is 0. The van der Waals surface area contributed by atoms with E-state index in [-0.39, 0.29) is 17.4 Å². The quantitative estimate of drug-likeness (QED) is 0.462. The normalized spacial score (nSPS) is 17.2. The number of aromatic hydroxyl groups is 1. The number of thiazole rings is 1. The summed E-state index contributed by atoms with van der Waals surface area (Å²) in [4.78, 5) is 19.3. The van der Waals surface area contributed by atoms with Gasteiger partial charge in [0.25, 0.3) is 5.56 Å². The largest absolute Gasteiger partial charge is 0.507 e. The van der Waals surface area contributed by atoms with Crippen LogP contribution < -0.4 is 14.9 Å². The van der Waals surface area contributed by atoms with Crippen molar-refractivity contribution in [2.75, 3.05) is 0 Å². The Balaban J connectivity index is 1.64. The monoisotopic (exact) mass is 470 g/mol. The highest BCUT2D eigenvalue weighted by atomic mass is 35.5. The summed E-state index contributed by atoms with van der Waals surface area (Å²) in [5.41, 5.74) is 6.04. The average Bonchev–Trinajstić information content (AvgIpc) is 3.15. The molecule has 1 unspecified atom stereocenters. The van der Waals surface area contributed by atoms with Gasteiger partial charge in [-0.1, -0.05) is 77.5 Å². The Morgan fingerprint density at radius 3 is 2.67 bits per heavy atom. The molecule has 0 amide bonds. The van der Waals surface area contributed by atoms with Crippen molar-refractivity contribution in [1.82, 2.24) is 4.57 Å². The average molecular weight is 471 g/mol. The number of phenols is 1. The van der Waals surface area contributed by atoms with E-state index in [0.29, 0.717) is 19.9 Å². The van der Waals surface area contributed by atoms with Gasteiger partial charge in [-0.25, -0.2) is 4.99 Å². The second-order valence-electron chi connectivity index (χ2n) is 8.23. The van der Waals surface area contributed by atoms with Crippen LogP contribution in [0.3, 0.4) is 0 Å². The number of rotatable bonds is 2. The molecular weight excluding hydrogens is 452 g/mol. The number of halogens is 1. The number of allylic oxidation sites excluding steroid dienone is 1. The van der Waals surface area contributed by atoms with E-state index in [1.54, 1.807) is 22.8 Å². The van der Waals surface area contributed by atoms with Crippen LogP contribution in [-0.2, 0) is 6.42 Å². The lowest BCUT2D eigenvalue weighted by atomic mass is 9.83. The lowest BCUT2D eigenvalue weighted by molar-refractivity contribution is 0.474. The summed E-state index contributed by atoms with van der Waals surface area (Å²) in [5.74, 6) is 0.0815. The molecule has 0 bridgehead atoms. The van der Waals surface area contributed by atoms with Crippen LogP contribution in [-0.4, -0.2) is 9.67 Å². The molecule has 0 radical (unpaired) electrons. The van der Waals surface area contributed by atoms with Crippen LogP contribution in [0.15, 0.2) is 88.2 Å². The smallest absolute Gasteiger partial charge is 0.271 e. The Bertz CT molecular complexity index is 1620. The molecule has 1 aromatic heterocycles. The Hall–Kier alpha value is -3.41. The number of hydrogen-bond donors (Lipinski definition) is 1. The molecule has 6 rings (SSSR count). The molecule has 0 fully saturated rings. The molecule has 0 spiro atoms. The summed E-state index contributed by atoms with van der Waals surface area (Å²) in [6, 6.07) is 23.1. The zero-order valence-corrected chi connectivity index (χ0v) is 19.1. The maximum absolute atomic E-state index is 13.7. The fraction of sp³-hybridized carbons (Fsp3) is 0.111. The van der Waals surface area contributed by atoms with Crippen LogP contribution in [0.5, 0.6) is 5.75 Å². The molecule has 1 aliphatic heterocycles. The summed E-state index contributed by atoms with van der Waals surface area (Å²) in [6.07, 6.45) is 3.48. The van der Waals surface area contributed by atoms with Crippen molar-refractivity contribution in [3.63, 3.8) is 0 Å². The number of aromatic nitrogens is 1. The summed E-state index contributed by atoms with van der Waals surface area (Å²) >= 11 is 7.46. The van der Waals surface area contributed by atoms with E-state index in [0.717, 1.165) is 29.7 Å². The van der Waals surface area contributed by atoms with Gasteiger partial charge in [-0.3, -0.25) is 9.36 Å². The van der Waals surface area contributed by atoms with Crippen LogP contribution in [0.2, 0.25) is 5.02 Å². The van der Waals surface area contributed by atoms with E-state index in [1.165, 1.54) is 28.5 Å². The topological polar surface area (TPSA) is 54.6 Å².